The lowest BCUT2D eigenvalue weighted by Gasteiger charge is -2.48. The Morgan fingerprint density at radius 3 is 2.44 bits per heavy atom. The molecule has 1 aromatic carbocycles. The van der Waals surface area contributed by atoms with E-state index in [1.54, 1.807) is 24.3 Å². The second-order valence-corrected chi connectivity index (χ2v) is 10.7. The number of nitrogens with zero attached hydrogens (tertiary/aromatic N) is 5. The van der Waals surface area contributed by atoms with Gasteiger partial charge in [-0.1, -0.05) is 42.3 Å². The fourth-order valence-corrected chi connectivity index (χ4v) is 5.95. The molecular formula is C26H35Cl2N7O4. The number of anilines is 2. The number of rotatable bonds is 9. The van der Waals surface area contributed by atoms with Crippen LogP contribution in [-0.4, -0.2) is 99.8 Å². The number of nitrogens with one attached hydrogen (secondary N) is 1. The van der Waals surface area contributed by atoms with Gasteiger partial charge in [-0.05, 0) is 37.0 Å². The molecule has 3 heterocycles. The lowest BCUT2D eigenvalue weighted by molar-refractivity contribution is -0.144. The van der Waals surface area contributed by atoms with Crippen LogP contribution in [0.25, 0.3) is 0 Å². The van der Waals surface area contributed by atoms with E-state index in [0.717, 1.165) is 31.4 Å². The third kappa shape index (κ3) is 6.72. The molecule has 5 N–H and O–H groups in total. The third-order valence-electron chi connectivity index (χ3n) is 7.53. The minimum Gasteiger partial charge on any atom is -0.480 e. The van der Waals surface area contributed by atoms with Gasteiger partial charge in [0.15, 0.2) is 22.5 Å². The largest absolute Gasteiger partial charge is 0.480 e. The van der Waals surface area contributed by atoms with Crippen LogP contribution < -0.4 is 16.0 Å². The zero-order valence-electron chi connectivity index (χ0n) is 21.9. The molecule has 2 aromatic rings. The average Bonchev–Trinajstić information content (AvgIpc) is 2.93. The number of carboxylic acid groups (broad SMARTS) is 1. The van der Waals surface area contributed by atoms with Gasteiger partial charge in [0.25, 0.3) is 5.91 Å². The Bertz CT molecular complexity index is 1160. The van der Waals surface area contributed by atoms with Gasteiger partial charge in [-0.2, -0.15) is 0 Å². The third-order valence-corrected chi connectivity index (χ3v) is 8.03. The number of carbonyl (C=O) groups excluding carboxylic acids is 1. The van der Waals surface area contributed by atoms with Crippen LogP contribution in [0.1, 0.15) is 48.3 Å². The van der Waals surface area contributed by atoms with E-state index >= 15 is 0 Å². The SMILES string of the molecule is CC[C@H]1CN(c2nc(N)c(C(=O)NCCO)nc2Cl)CCN1C1CCN(C(C(=O)O)c2ccc(Cl)cc2)CC1. The van der Waals surface area contributed by atoms with Crippen molar-refractivity contribution in [2.75, 3.05) is 56.5 Å². The number of amides is 1. The minimum absolute atomic E-state index is 0.0126. The quantitative estimate of drug-likeness (QED) is 0.348. The summed E-state index contributed by atoms with van der Waals surface area (Å²) in [5, 5.41) is 22.1. The number of carboxylic acids is 1. The van der Waals surface area contributed by atoms with Crippen LogP contribution in [0, 0.1) is 0 Å². The highest BCUT2D eigenvalue weighted by molar-refractivity contribution is 6.32. The number of likely N-dealkylation sites (tertiary alicyclic amines) is 1. The lowest BCUT2D eigenvalue weighted by atomic mass is 9.95. The molecule has 2 saturated heterocycles. The number of piperidine rings is 1. The van der Waals surface area contributed by atoms with E-state index < -0.39 is 17.9 Å². The number of piperazine rings is 1. The van der Waals surface area contributed by atoms with Crippen molar-refractivity contribution in [3.8, 4) is 0 Å². The number of halogens is 2. The number of aliphatic hydroxyl groups excluding tert-OH is 1. The average molecular weight is 581 g/mol. The van der Waals surface area contributed by atoms with Crippen molar-refractivity contribution in [2.24, 2.45) is 0 Å². The Balaban J connectivity index is 1.40. The summed E-state index contributed by atoms with van der Waals surface area (Å²) in [4.78, 5) is 39.6. The molecule has 0 saturated carbocycles. The highest BCUT2D eigenvalue weighted by atomic mass is 35.5. The van der Waals surface area contributed by atoms with E-state index in [1.165, 1.54) is 0 Å². The van der Waals surface area contributed by atoms with Crippen molar-refractivity contribution in [1.29, 1.82) is 0 Å². The first-order valence-corrected chi connectivity index (χ1v) is 13.9. The van der Waals surface area contributed by atoms with E-state index in [1.807, 2.05) is 4.90 Å². The minimum atomic E-state index is -0.857. The summed E-state index contributed by atoms with van der Waals surface area (Å²) in [5.74, 6) is -0.953. The van der Waals surface area contributed by atoms with Crippen molar-refractivity contribution in [1.82, 2.24) is 25.1 Å². The number of benzene rings is 1. The number of nitrogen functional groups attached to an aromatic ring is 1. The van der Waals surface area contributed by atoms with Crippen LogP contribution in [0.2, 0.25) is 10.2 Å². The van der Waals surface area contributed by atoms with Crippen LogP contribution in [-0.2, 0) is 4.79 Å². The first kappa shape index (κ1) is 29.3. The Kier molecular flexibility index (Phi) is 9.84. The topological polar surface area (TPSA) is 148 Å². The van der Waals surface area contributed by atoms with Gasteiger partial charge >= 0.3 is 5.97 Å². The van der Waals surface area contributed by atoms with Gasteiger partial charge in [-0.15, -0.1) is 0 Å². The highest BCUT2D eigenvalue weighted by Gasteiger charge is 2.37. The summed E-state index contributed by atoms with van der Waals surface area (Å²) >= 11 is 12.4. The number of nitrogens with two attached hydrogens (primary N) is 1. The molecule has 0 radical (unpaired) electrons. The van der Waals surface area contributed by atoms with E-state index in [2.05, 4.69) is 32.0 Å². The Labute approximate surface area is 237 Å². The number of hydrogen-bond acceptors (Lipinski definition) is 9. The van der Waals surface area contributed by atoms with Gasteiger partial charge in [-0.3, -0.25) is 19.4 Å². The van der Waals surface area contributed by atoms with Crippen molar-refractivity contribution in [3.05, 3.63) is 45.7 Å². The maximum absolute atomic E-state index is 12.3. The second kappa shape index (κ2) is 13.1. The Hall–Kier alpha value is -2.70. The molecule has 13 heteroatoms. The molecule has 2 atom stereocenters. The van der Waals surface area contributed by atoms with Gasteiger partial charge in [0, 0.05) is 56.4 Å². The summed E-state index contributed by atoms with van der Waals surface area (Å²) < 4.78 is 0. The first-order chi connectivity index (χ1) is 18.7. The molecule has 2 fully saturated rings. The van der Waals surface area contributed by atoms with Crippen LogP contribution >= 0.6 is 23.2 Å². The smallest absolute Gasteiger partial charge is 0.325 e. The Morgan fingerprint density at radius 2 is 1.82 bits per heavy atom. The van der Waals surface area contributed by atoms with E-state index in [9.17, 15) is 14.7 Å². The molecule has 0 spiro atoms. The summed E-state index contributed by atoms with van der Waals surface area (Å²) in [6.45, 7) is 5.55. The number of aliphatic carboxylic acids is 1. The number of hydrogen-bond donors (Lipinski definition) is 4. The highest BCUT2D eigenvalue weighted by Crippen LogP contribution is 2.32. The van der Waals surface area contributed by atoms with E-state index in [4.69, 9.17) is 34.0 Å². The molecule has 0 aliphatic carbocycles. The number of aliphatic hydroxyl groups is 1. The monoisotopic (exact) mass is 579 g/mol. The van der Waals surface area contributed by atoms with Crippen LogP contribution in [0.15, 0.2) is 24.3 Å². The van der Waals surface area contributed by atoms with Crippen LogP contribution in [0.3, 0.4) is 0 Å². The summed E-state index contributed by atoms with van der Waals surface area (Å²) in [6, 6.07) is 6.93. The summed E-state index contributed by atoms with van der Waals surface area (Å²) in [6.07, 6.45) is 2.67. The molecule has 212 valence electrons. The second-order valence-electron chi connectivity index (χ2n) is 9.86. The van der Waals surface area contributed by atoms with Gasteiger partial charge in [0.2, 0.25) is 0 Å². The standard InChI is InChI=1S/C26H35Cl2N7O4/c1-2-18-15-34(24-22(28)31-20(23(29)32-24)25(37)30-9-14-36)12-13-35(18)19-7-10-33(11-8-19)21(26(38)39)16-3-5-17(27)6-4-16/h3-6,18-19,21,36H,2,7-15H2,1H3,(H2,29,32)(H,30,37)(H,38,39)/t18-,21?/m0/s1. The molecule has 2 aliphatic rings. The molecule has 39 heavy (non-hydrogen) atoms. The molecule has 1 unspecified atom stereocenters. The van der Waals surface area contributed by atoms with Crippen LogP contribution in [0.4, 0.5) is 11.6 Å². The molecule has 0 bridgehead atoms. The van der Waals surface area contributed by atoms with Gasteiger partial charge in [-0.25, -0.2) is 9.97 Å². The zero-order valence-corrected chi connectivity index (χ0v) is 23.4. The van der Waals surface area contributed by atoms with Crippen molar-refractivity contribution < 1.29 is 19.8 Å². The maximum Gasteiger partial charge on any atom is 0.325 e. The van der Waals surface area contributed by atoms with Gasteiger partial charge in [0.1, 0.15) is 6.04 Å². The van der Waals surface area contributed by atoms with Gasteiger partial charge in [0.05, 0.1) is 6.61 Å². The molecule has 1 amide bonds. The normalized spacial score (nSPS) is 20.1. The zero-order chi connectivity index (χ0) is 28.1. The molecule has 11 nitrogen and oxygen atoms in total. The lowest BCUT2D eigenvalue weighted by Crippen LogP contribution is -2.58. The molecule has 2 aliphatic heterocycles. The maximum atomic E-state index is 12.3. The predicted molar refractivity (Wildman–Crippen MR) is 150 cm³/mol. The number of carbonyl (C=O) groups is 2. The van der Waals surface area contributed by atoms with Crippen molar-refractivity contribution in [3.63, 3.8) is 0 Å². The fraction of sp³-hybridized carbons (Fsp3) is 0.538. The fourth-order valence-electron chi connectivity index (χ4n) is 5.58. The summed E-state index contributed by atoms with van der Waals surface area (Å²) in [7, 11) is 0. The Morgan fingerprint density at radius 1 is 1.13 bits per heavy atom. The summed E-state index contributed by atoms with van der Waals surface area (Å²) in [5.41, 5.74) is 6.72. The first-order valence-electron chi connectivity index (χ1n) is 13.2. The molecule has 1 aromatic heterocycles. The predicted octanol–water partition coefficient (Wildman–Crippen LogP) is 2.28. The van der Waals surface area contributed by atoms with E-state index in [-0.39, 0.29) is 35.9 Å². The van der Waals surface area contributed by atoms with Gasteiger partial charge < -0.3 is 26.2 Å². The van der Waals surface area contributed by atoms with E-state index in [0.29, 0.717) is 43.1 Å². The van der Waals surface area contributed by atoms with Crippen molar-refractivity contribution >= 4 is 46.7 Å². The molecule has 4 rings (SSSR count). The van der Waals surface area contributed by atoms with Crippen molar-refractivity contribution in [2.45, 2.75) is 44.3 Å². The van der Waals surface area contributed by atoms with Crippen LogP contribution in [0.5, 0.6) is 0 Å². The molecular weight excluding hydrogens is 545 g/mol. The number of aromatic nitrogens is 2.